The number of ether oxygens (including phenoxy) is 2. The van der Waals surface area contributed by atoms with Gasteiger partial charge in [-0.05, 0) is 55.9 Å². The van der Waals surface area contributed by atoms with Gasteiger partial charge in [-0.1, -0.05) is 18.2 Å². The van der Waals surface area contributed by atoms with Crippen LogP contribution in [-0.4, -0.2) is 37.0 Å². The number of hydrogen-bond acceptors (Lipinski definition) is 3. The minimum absolute atomic E-state index is 0.315. The highest BCUT2D eigenvalue weighted by Gasteiger charge is 2.45. The largest absolute Gasteiger partial charge is 0.375 e. The molecule has 0 N–H and O–H groups in total. The van der Waals surface area contributed by atoms with Crippen molar-refractivity contribution in [1.29, 1.82) is 0 Å². The summed E-state index contributed by atoms with van der Waals surface area (Å²) in [5.41, 5.74) is 3.15. The monoisotopic (exact) mass is 301 g/mol. The van der Waals surface area contributed by atoms with Gasteiger partial charge in [0.15, 0.2) is 0 Å². The molecule has 0 radical (unpaired) electrons. The van der Waals surface area contributed by atoms with Gasteiger partial charge in [0.2, 0.25) is 0 Å². The highest BCUT2D eigenvalue weighted by Crippen LogP contribution is 2.46. The van der Waals surface area contributed by atoms with E-state index in [1.165, 1.54) is 6.54 Å². The molecule has 2 fully saturated rings. The molecule has 0 aromatic carbocycles. The van der Waals surface area contributed by atoms with Crippen molar-refractivity contribution in [3.8, 4) is 0 Å². The van der Waals surface area contributed by atoms with Crippen molar-refractivity contribution in [3.63, 3.8) is 0 Å². The third-order valence-corrected chi connectivity index (χ3v) is 6.05. The number of fused-ring (bicyclic) bond motifs is 3. The summed E-state index contributed by atoms with van der Waals surface area (Å²) in [5, 5.41) is 0. The van der Waals surface area contributed by atoms with Crippen LogP contribution in [-0.2, 0) is 9.47 Å². The highest BCUT2D eigenvalue weighted by atomic mass is 16.7. The Balaban J connectivity index is 1.68. The first-order valence-electron chi connectivity index (χ1n) is 8.80. The first-order chi connectivity index (χ1) is 10.8. The van der Waals surface area contributed by atoms with E-state index >= 15 is 0 Å². The Hall–Kier alpha value is -1.06. The van der Waals surface area contributed by atoms with Crippen molar-refractivity contribution in [2.75, 3.05) is 19.9 Å². The second-order valence-corrected chi connectivity index (χ2v) is 7.14. The molecular weight excluding hydrogens is 274 g/mol. The van der Waals surface area contributed by atoms with E-state index in [2.05, 4.69) is 36.6 Å². The van der Waals surface area contributed by atoms with E-state index in [4.69, 9.17) is 9.47 Å². The van der Waals surface area contributed by atoms with Crippen molar-refractivity contribution in [1.82, 2.24) is 4.90 Å². The molecule has 1 saturated heterocycles. The molecule has 0 aromatic rings. The summed E-state index contributed by atoms with van der Waals surface area (Å²) in [5.74, 6) is 1.95. The van der Waals surface area contributed by atoms with Crippen LogP contribution >= 0.6 is 0 Å². The molecule has 2 aliphatic heterocycles. The van der Waals surface area contributed by atoms with Crippen molar-refractivity contribution < 1.29 is 9.47 Å². The lowest BCUT2D eigenvalue weighted by Gasteiger charge is -2.46. The van der Waals surface area contributed by atoms with E-state index in [0.29, 0.717) is 36.8 Å². The Bertz CT molecular complexity index is 510. The second-order valence-electron chi connectivity index (χ2n) is 7.14. The van der Waals surface area contributed by atoms with Gasteiger partial charge in [-0.25, -0.2) is 0 Å². The fraction of sp³-hybridized carbons (Fsp3) is 0.684. The van der Waals surface area contributed by atoms with Crippen LogP contribution in [0.5, 0.6) is 0 Å². The van der Waals surface area contributed by atoms with Crippen LogP contribution in [0, 0.1) is 17.8 Å². The zero-order valence-corrected chi connectivity index (χ0v) is 13.5. The first-order valence-corrected chi connectivity index (χ1v) is 8.80. The topological polar surface area (TPSA) is 21.7 Å². The number of nitrogens with zero attached hydrogens (tertiary/aromatic N) is 1. The SMILES string of the molecule is C=CC1CC=CC2=C(C1)N(CC)C[C@H]1CC3OCOC3CC21. The number of allylic oxidation sites excluding steroid dienone is 5. The maximum Gasteiger partial charge on any atom is 0.147 e. The Morgan fingerprint density at radius 1 is 1.32 bits per heavy atom. The van der Waals surface area contributed by atoms with Gasteiger partial charge < -0.3 is 14.4 Å². The smallest absolute Gasteiger partial charge is 0.147 e. The van der Waals surface area contributed by atoms with Crippen molar-refractivity contribution in [3.05, 3.63) is 36.1 Å². The van der Waals surface area contributed by atoms with Crippen molar-refractivity contribution in [2.24, 2.45) is 17.8 Å². The molecule has 3 nitrogen and oxygen atoms in total. The Morgan fingerprint density at radius 2 is 2.14 bits per heavy atom. The molecule has 4 aliphatic rings. The Labute approximate surface area is 133 Å². The molecule has 2 aliphatic carbocycles. The zero-order valence-electron chi connectivity index (χ0n) is 13.5. The van der Waals surface area contributed by atoms with E-state index in [-0.39, 0.29) is 0 Å². The van der Waals surface area contributed by atoms with Gasteiger partial charge >= 0.3 is 0 Å². The summed E-state index contributed by atoms with van der Waals surface area (Å²) in [4.78, 5) is 2.61. The molecule has 0 aromatic heterocycles. The van der Waals surface area contributed by atoms with Crippen LogP contribution in [0.3, 0.4) is 0 Å². The lowest BCUT2D eigenvalue weighted by Crippen LogP contribution is -2.46. The van der Waals surface area contributed by atoms with Gasteiger partial charge in [0.1, 0.15) is 6.79 Å². The summed E-state index contributed by atoms with van der Waals surface area (Å²) < 4.78 is 11.6. The van der Waals surface area contributed by atoms with Crippen LogP contribution in [0.15, 0.2) is 36.1 Å². The van der Waals surface area contributed by atoms with Gasteiger partial charge in [-0.15, -0.1) is 6.58 Å². The molecule has 4 unspecified atom stereocenters. The van der Waals surface area contributed by atoms with Crippen LogP contribution in [0.1, 0.15) is 32.6 Å². The molecular formula is C19H27NO2. The maximum atomic E-state index is 5.81. The maximum absolute atomic E-state index is 5.81. The molecule has 1 saturated carbocycles. The van der Waals surface area contributed by atoms with E-state index in [1.807, 2.05) is 0 Å². The van der Waals surface area contributed by atoms with Gasteiger partial charge in [0.05, 0.1) is 12.2 Å². The summed E-state index contributed by atoms with van der Waals surface area (Å²) in [6, 6.07) is 0. The third-order valence-electron chi connectivity index (χ3n) is 6.05. The normalized spacial score (nSPS) is 40.8. The molecule has 120 valence electrons. The molecule has 0 amide bonds. The molecule has 4 rings (SSSR count). The molecule has 5 atom stereocenters. The minimum atomic E-state index is 0.315. The predicted octanol–water partition coefficient (Wildman–Crippen LogP) is 3.50. The zero-order chi connectivity index (χ0) is 15.1. The van der Waals surface area contributed by atoms with Crippen LogP contribution in [0.25, 0.3) is 0 Å². The Morgan fingerprint density at radius 3 is 2.91 bits per heavy atom. The second kappa shape index (κ2) is 5.86. The van der Waals surface area contributed by atoms with Crippen molar-refractivity contribution in [2.45, 2.75) is 44.8 Å². The van der Waals surface area contributed by atoms with Crippen LogP contribution in [0.4, 0.5) is 0 Å². The van der Waals surface area contributed by atoms with E-state index in [9.17, 15) is 0 Å². The Kier molecular flexibility index (Phi) is 3.87. The molecule has 0 bridgehead atoms. The fourth-order valence-corrected chi connectivity index (χ4v) is 4.81. The van der Waals surface area contributed by atoms with Crippen molar-refractivity contribution >= 4 is 0 Å². The van der Waals surface area contributed by atoms with Crippen LogP contribution < -0.4 is 0 Å². The van der Waals surface area contributed by atoms with Gasteiger partial charge in [-0.2, -0.15) is 0 Å². The average molecular weight is 301 g/mol. The molecule has 22 heavy (non-hydrogen) atoms. The van der Waals surface area contributed by atoms with E-state index in [1.54, 1.807) is 11.3 Å². The predicted molar refractivity (Wildman–Crippen MR) is 87.2 cm³/mol. The summed E-state index contributed by atoms with van der Waals surface area (Å²) in [6.07, 6.45) is 12.1. The quantitative estimate of drug-likeness (QED) is 0.729. The third kappa shape index (κ3) is 2.35. The average Bonchev–Trinajstić information content (AvgIpc) is 2.88. The van der Waals surface area contributed by atoms with E-state index in [0.717, 1.165) is 32.2 Å². The first kappa shape index (κ1) is 14.5. The summed E-state index contributed by atoms with van der Waals surface area (Å²) in [7, 11) is 0. The van der Waals surface area contributed by atoms with Gasteiger partial charge in [0, 0.05) is 18.8 Å². The number of hydrogen-bond donors (Lipinski definition) is 0. The minimum Gasteiger partial charge on any atom is -0.375 e. The fourth-order valence-electron chi connectivity index (χ4n) is 4.81. The lowest BCUT2D eigenvalue weighted by atomic mass is 9.70. The van der Waals surface area contributed by atoms with Gasteiger partial charge in [-0.3, -0.25) is 0 Å². The lowest BCUT2D eigenvalue weighted by molar-refractivity contribution is 0.0346. The summed E-state index contributed by atoms with van der Waals surface area (Å²) >= 11 is 0. The number of rotatable bonds is 2. The van der Waals surface area contributed by atoms with Gasteiger partial charge in [0.25, 0.3) is 0 Å². The highest BCUT2D eigenvalue weighted by molar-refractivity contribution is 5.34. The summed E-state index contributed by atoms with van der Waals surface area (Å²) in [6.45, 7) is 9.09. The molecule has 3 heteroatoms. The van der Waals surface area contributed by atoms with Crippen LogP contribution in [0.2, 0.25) is 0 Å². The molecule has 0 spiro atoms. The van der Waals surface area contributed by atoms with E-state index < -0.39 is 0 Å². The standard InChI is InChI=1S/C19H27NO2/c1-3-13-6-5-7-15-16-10-19-18(21-12-22-19)9-14(16)11-20(4-2)17(15)8-13/h3,5,7,13-14,16,18-19H,1,4,6,8-12H2,2H3/t13?,14-,16?,18?,19?/m1/s1. The molecule has 2 heterocycles.